The molecular formula is C86H60Ir4N4-4. The Kier molecular flexibility index (Phi) is 22.4. The van der Waals surface area contributed by atoms with Crippen molar-refractivity contribution in [3.8, 4) is 123 Å². The van der Waals surface area contributed by atoms with Crippen LogP contribution in [0.3, 0.4) is 0 Å². The first-order valence-electron chi connectivity index (χ1n) is 30.4. The molecule has 4 heterocycles. The fraction of sp³-hybridized carbons (Fsp3) is 0.0465. The molecule has 8 heteroatoms. The summed E-state index contributed by atoms with van der Waals surface area (Å²) in [6.45, 7) is 8.66. The largest absolute Gasteiger partial charge is 0.305 e. The van der Waals surface area contributed by atoms with E-state index in [0.29, 0.717) is 0 Å². The average Bonchev–Trinajstić information content (AvgIpc) is 0.777. The van der Waals surface area contributed by atoms with Crippen molar-refractivity contribution in [1.29, 1.82) is 0 Å². The van der Waals surface area contributed by atoms with E-state index in [1.807, 2.05) is 91.5 Å². The maximum atomic E-state index is 4.80. The monoisotopic (exact) mass is 1920 g/mol. The van der Waals surface area contributed by atoms with Crippen molar-refractivity contribution >= 4 is 21.7 Å². The van der Waals surface area contributed by atoms with E-state index in [2.05, 4.69) is 257 Å². The molecule has 15 aromatic rings. The van der Waals surface area contributed by atoms with Gasteiger partial charge in [-0.2, -0.15) is 0 Å². The van der Waals surface area contributed by atoms with Gasteiger partial charge in [0.1, 0.15) is 0 Å². The summed E-state index contributed by atoms with van der Waals surface area (Å²) in [6, 6.07) is 108. The molecule has 15 rings (SSSR count). The van der Waals surface area contributed by atoms with Gasteiger partial charge in [-0.3, -0.25) is 0 Å². The number of aromatic nitrogens is 4. The molecule has 0 unspecified atom stereocenters. The van der Waals surface area contributed by atoms with E-state index >= 15 is 0 Å². The van der Waals surface area contributed by atoms with E-state index in [1.165, 1.54) is 55.6 Å². The second-order valence-electron chi connectivity index (χ2n) is 23.0. The van der Waals surface area contributed by atoms with E-state index in [4.69, 9.17) is 15.0 Å². The third-order valence-corrected chi connectivity index (χ3v) is 16.5. The molecule has 464 valence electrons. The van der Waals surface area contributed by atoms with Gasteiger partial charge in [-0.15, -0.1) is 118 Å². The smallest absolute Gasteiger partial charge is 0.0239 e. The minimum absolute atomic E-state index is 0. The van der Waals surface area contributed by atoms with Crippen molar-refractivity contribution in [2.45, 2.75) is 27.7 Å². The zero-order valence-electron chi connectivity index (χ0n) is 51.8. The second kappa shape index (κ2) is 30.9. The van der Waals surface area contributed by atoms with Gasteiger partial charge in [0, 0.05) is 105 Å². The fourth-order valence-corrected chi connectivity index (χ4v) is 12.5. The molecule has 4 nitrogen and oxygen atoms in total. The summed E-state index contributed by atoms with van der Waals surface area (Å²) in [5, 5.41) is 3.27. The van der Waals surface area contributed by atoms with Crippen LogP contribution in [-0.4, -0.2) is 19.9 Å². The molecule has 0 aliphatic carbocycles. The Balaban J connectivity index is 0.000000206. The first kappa shape index (κ1) is 68.0. The molecular weight excluding hydrogens is 1860 g/mol. The van der Waals surface area contributed by atoms with Crippen LogP contribution in [0.25, 0.3) is 144 Å². The summed E-state index contributed by atoms with van der Waals surface area (Å²) in [5.41, 5.74) is 30.0. The first-order valence-corrected chi connectivity index (χ1v) is 30.4. The Hall–Kier alpha value is -8.86. The van der Waals surface area contributed by atoms with Crippen LogP contribution in [0.4, 0.5) is 0 Å². The quantitative estimate of drug-likeness (QED) is 0.0957. The van der Waals surface area contributed by atoms with Crippen LogP contribution >= 0.6 is 0 Å². The summed E-state index contributed by atoms with van der Waals surface area (Å²) in [7, 11) is 0. The maximum absolute atomic E-state index is 4.80. The second-order valence-corrected chi connectivity index (χ2v) is 23.0. The van der Waals surface area contributed by atoms with Crippen molar-refractivity contribution < 1.29 is 80.4 Å². The molecule has 0 N–H and O–H groups in total. The summed E-state index contributed by atoms with van der Waals surface area (Å²) in [5.74, 6) is 0. The number of nitrogens with zero attached hydrogens (tertiary/aromatic N) is 4. The molecule has 4 aromatic heterocycles. The molecule has 0 bridgehead atoms. The Morgan fingerprint density at radius 2 is 0.809 bits per heavy atom. The molecule has 94 heavy (non-hydrogen) atoms. The number of fused-ring (bicyclic) bond motifs is 3. The van der Waals surface area contributed by atoms with Crippen LogP contribution in [0.5, 0.6) is 0 Å². The minimum Gasteiger partial charge on any atom is -0.305 e. The van der Waals surface area contributed by atoms with Crippen LogP contribution in [0.15, 0.2) is 292 Å². The van der Waals surface area contributed by atoms with Crippen LogP contribution < -0.4 is 0 Å². The first-order chi connectivity index (χ1) is 44.2. The van der Waals surface area contributed by atoms with Gasteiger partial charge in [-0.25, -0.2) is 0 Å². The van der Waals surface area contributed by atoms with E-state index in [1.54, 1.807) is 0 Å². The van der Waals surface area contributed by atoms with Gasteiger partial charge >= 0.3 is 0 Å². The third kappa shape index (κ3) is 14.7. The standard InChI is InChI=1S/C50H34N2.C36H26N2.4Ir/c1-33-27-34(2)29-42(28-33)49-43(39-21-23-44-40(31-39)20-19-36-15-10-26-52-50(36)44)16-9-17-46(49)45-24-22-41(48-18-6-7-25-51-48)32-47(45)38-14-8-13-37(30-38)35-11-4-3-5-12-35;1-25-21-26(2)23-31(22-25)36-32(27-14-16-29(17-15-27)34-13-6-7-20-37-34)11-8-12-33(36)30-18-19-35(38-24-30)28-9-4-3-5-10-28;;;;/h3-21,24-32H,1-2H3;3-9,11-16,18-24H,1-2H3;;;;/q2*-2;;;;. The summed E-state index contributed by atoms with van der Waals surface area (Å²) in [6.07, 6.45) is 7.48. The molecule has 0 fully saturated rings. The van der Waals surface area contributed by atoms with Crippen molar-refractivity contribution in [2.24, 2.45) is 0 Å². The molecule has 11 aromatic carbocycles. The fourth-order valence-electron chi connectivity index (χ4n) is 12.5. The molecule has 0 aliphatic rings. The summed E-state index contributed by atoms with van der Waals surface area (Å²) >= 11 is 0. The zero-order chi connectivity index (χ0) is 60.9. The van der Waals surface area contributed by atoms with E-state index in [9.17, 15) is 0 Å². The number of pyridine rings is 4. The number of rotatable bonds is 11. The molecule has 0 saturated carbocycles. The van der Waals surface area contributed by atoms with E-state index in [-0.39, 0.29) is 80.4 Å². The van der Waals surface area contributed by atoms with Crippen molar-refractivity contribution in [2.75, 3.05) is 0 Å². The maximum Gasteiger partial charge on any atom is 0.0239 e. The van der Waals surface area contributed by atoms with Gasteiger partial charge in [-0.05, 0) is 130 Å². The van der Waals surface area contributed by atoms with E-state index in [0.717, 1.165) is 111 Å². The molecule has 0 amide bonds. The Labute approximate surface area is 605 Å². The number of benzene rings is 11. The predicted molar refractivity (Wildman–Crippen MR) is 373 cm³/mol. The van der Waals surface area contributed by atoms with Crippen LogP contribution in [0, 0.1) is 52.0 Å². The number of aryl methyl sites for hydroxylation is 4. The van der Waals surface area contributed by atoms with Gasteiger partial charge in [0.2, 0.25) is 0 Å². The normalized spacial score (nSPS) is 10.6. The Bertz CT molecular complexity index is 4940. The van der Waals surface area contributed by atoms with E-state index < -0.39 is 0 Å². The Morgan fingerprint density at radius 3 is 1.45 bits per heavy atom. The van der Waals surface area contributed by atoms with Crippen LogP contribution in [0.1, 0.15) is 22.3 Å². The third-order valence-electron chi connectivity index (χ3n) is 16.5. The average molecular weight is 1920 g/mol. The van der Waals surface area contributed by atoms with Gasteiger partial charge in [0.25, 0.3) is 0 Å². The summed E-state index contributed by atoms with van der Waals surface area (Å²) in [4.78, 5) is 18.7. The van der Waals surface area contributed by atoms with Crippen molar-refractivity contribution in [3.05, 3.63) is 338 Å². The molecule has 0 atom stereocenters. The molecule has 4 radical (unpaired) electrons. The van der Waals surface area contributed by atoms with Gasteiger partial charge in [-0.1, -0.05) is 237 Å². The van der Waals surface area contributed by atoms with Crippen molar-refractivity contribution in [3.63, 3.8) is 0 Å². The van der Waals surface area contributed by atoms with Crippen molar-refractivity contribution in [1.82, 2.24) is 19.9 Å². The predicted octanol–water partition coefficient (Wildman–Crippen LogP) is 22.0. The molecule has 0 aliphatic heterocycles. The zero-order valence-corrected chi connectivity index (χ0v) is 61.4. The number of hydrogen-bond acceptors (Lipinski definition) is 4. The van der Waals surface area contributed by atoms with Gasteiger partial charge in [0.15, 0.2) is 0 Å². The topological polar surface area (TPSA) is 51.6 Å². The minimum atomic E-state index is 0. The Morgan fingerprint density at radius 1 is 0.266 bits per heavy atom. The SMILES string of the molecule is Cc1cc(C)cc(-c2c(-c3c[c-]c(-c4ccccn4)cc3)cccc2-c2ccc(-c3[c-]cccc3)nc2)c1.Cc1cc(C)cc(-c2c(-c3c[c-]c4c(ccc5cccnc54)c3)cccc2-c2c[c-]c(-c3ccccn3)cc2-c2cccc(-c3ccccc3)c2)c1.[Ir].[Ir].[Ir].[Ir]. The van der Waals surface area contributed by atoms with Gasteiger partial charge in [0.05, 0.1) is 0 Å². The van der Waals surface area contributed by atoms with Gasteiger partial charge < -0.3 is 19.9 Å². The molecule has 0 spiro atoms. The van der Waals surface area contributed by atoms with Crippen LogP contribution in [-0.2, 0) is 80.4 Å². The molecule has 0 saturated heterocycles. The van der Waals surface area contributed by atoms with Crippen LogP contribution in [0.2, 0.25) is 0 Å². The number of hydrogen-bond donors (Lipinski definition) is 0. The summed E-state index contributed by atoms with van der Waals surface area (Å²) < 4.78 is 0.